The highest BCUT2D eigenvalue weighted by Gasteiger charge is 2.32. The average Bonchev–Trinajstić information content (AvgIpc) is 2.92. The smallest absolute Gasteiger partial charge is 0.249 e. The third-order valence-electron chi connectivity index (χ3n) is 3.32. The molecule has 1 atom stereocenters. The van der Waals surface area contributed by atoms with Gasteiger partial charge in [-0.25, -0.2) is 0 Å². The largest absolute Gasteiger partial charge is 0.396 e. The minimum atomic E-state index is -1.30. The van der Waals surface area contributed by atoms with E-state index in [0.717, 1.165) is 25.7 Å². The van der Waals surface area contributed by atoms with E-state index in [1.54, 1.807) is 13.8 Å². The fraction of sp³-hybridized carbons (Fsp3) is 0.786. The van der Waals surface area contributed by atoms with E-state index in [9.17, 15) is 9.90 Å². The molecule has 0 aliphatic heterocycles. The predicted octanol–water partition coefficient (Wildman–Crippen LogP) is 0.798. The third-order valence-corrected chi connectivity index (χ3v) is 3.32. The zero-order chi connectivity index (χ0) is 15.9. The van der Waals surface area contributed by atoms with Crippen molar-refractivity contribution in [3.05, 3.63) is 11.7 Å². The van der Waals surface area contributed by atoms with Crippen molar-refractivity contribution >= 4 is 5.91 Å². The molecule has 0 saturated carbocycles. The van der Waals surface area contributed by atoms with Gasteiger partial charge in [-0.3, -0.25) is 4.79 Å². The van der Waals surface area contributed by atoms with Crippen LogP contribution in [-0.2, 0) is 17.8 Å². The van der Waals surface area contributed by atoms with Crippen LogP contribution in [0.2, 0.25) is 0 Å². The monoisotopic (exact) mass is 299 g/mol. The molecule has 7 heteroatoms. The summed E-state index contributed by atoms with van der Waals surface area (Å²) in [4.78, 5) is 15.9. The minimum absolute atomic E-state index is 0.0676. The number of nitrogens with one attached hydrogen (secondary N) is 1. The number of aromatic nitrogens is 2. The standard InChI is InChI=1S/C14H25N3O4/c1-4-5-6-7-10-16-11(21-17-10)8-15-13(20)12(19)14(2,3)9-18/h12,18-19H,4-9H2,1-3H3,(H,15,20)/t12-/m0/s1. The molecule has 120 valence electrons. The SMILES string of the molecule is CCCCCc1noc(CNC(=O)[C@H](O)C(C)(C)CO)n1. The molecular formula is C14H25N3O4. The molecule has 0 unspecified atom stereocenters. The molecular weight excluding hydrogens is 274 g/mol. The van der Waals surface area contributed by atoms with Gasteiger partial charge in [0.05, 0.1) is 13.2 Å². The Morgan fingerprint density at radius 1 is 1.43 bits per heavy atom. The van der Waals surface area contributed by atoms with Crippen molar-refractivity contribution < 1.29 is 19.5 Å². The van der Waals surface area contributed by atoms with E-state index >= 15 is 0 Å². The molecule has 0 aromatic carbocycles. The number of unbranched alkanes of at least 4 members (excludes halogenated alkanes) is 2. The first kappa shape index (κ1) is 17.6. The zero-order valence-corrected chi connectivity index (χ0v) is 12.9. The van der Waals surface area contributed by atoms with Gasteiger partial charge in [-0.15, -0.1) is 0 Å². The van der Waals surface area contributed by atoms with Crippen molar-refractivity contribution in [2.75, 3.05) is 6.61 Å². The van der Waals surface area contributed by atoms with Gasteiger partial charge in [0.15, 0.2) is 5.82 Å². The molecule has 0 spiro atoms. The fourth-order valence-electron chi connectivity index (χ4n) is 1.70. The molecule has 0 aliphatic carbocycles. The lowest BCUT2D eigenvalue weighted by Crippen LogP contribution is -2.45. The average molecular weight is 299 g/mol. The number of hydrogen-bond acceptors (Lipinski definition) is 6. The lowest BCUT2D eigenvalue weighted by atomic mass is 9.87. The fourth-order valence-corrected chi connectivity index (χ4v) is 1.70. The summed E-state index contributed by atoms with van der Waals surface area (Å²) < 4.78 is 5.03. The molecule has 0 radical (unpaired) electrons. The van der Waals surface area contributed by atoms with E-state index in [0.29, 0.717) is 11.7 Å². The predicted molar refractivity (Wildman–Crippen MR) is 76.2 cm³/mol. The van der Waals surface area contributed by atoms with Crippen LogP contribution in [0.25, 0.3) is 0 Å². The highest BCUT2D eigenvalue weighted by Crippen LogP contribution is 2.19. The van der Waals surface area contributed by atoms with Crippen molar-refractivity contribution in [3.63, 3.8) is 0 Å². The lowest BCUT2D eigenvalue weighted by molar-refractivity contribution is -0.137. The topological polar surface area (TPSA) is 108 Å². The van der Waals surface area contributed by atoms with Gasteiger partial charge in [-0.2, -0.15) is 4.98 Å². The number of aliphatic hydroxyl groups excluding tert-OH is 2. The number of hydrogen-bond donors (Lipinski definition) is 3. The van der Waals surface area contributed by atoms with Crippen LogP contribution in [0.5, 0.6) is 0 Å². The highest BCUT2D eigenvalue weighted by molar-refractivity contribution is 5.81. The number of amides is 1. The Labute approximate surface area is 124 Å². The maximum absolute atomic E-state index is 11.8. The summed E-state index contributed by atoms with van der Waals surface area (Å²) in [6.45, 7) is 5.11. The number of rotatable bonds is 9. The number of carbonyl (C=O) groups excluding carboxylic acids is 1. The van der Waals surface area contributed by atoms with Crippen LogP contribution in [0.1, 0.15) is 51.7 Å². The molecule has 0 saturated heterocycles. The molecule has 21 heavy (non-hydrogen) atoms. The Balaban J connectivity index is 2.43. The Bertz CT molecular complexity index is 445. The van der Waals surface area contributed by atoms with E-state index in [4.69, 9.17) is 9.63 Å². The third kappa shape index (κ3) is 5.43. The lowest BCUT2D eigenvalue weighted by Gasteiger charge is -2.26. The summed E-state index contributed by atoms with van der Waals surface area (Å²) in [5.74, 6) is 0.368. The van der Waals surface area contributed by atoms with Crippen LogP contribution >= 0.6 is 0 Å². The van der Waals surface area contributed by atoms with Crippen molar-refractivity contribution in [2.24, 2.45) is 5.41 Å². The number of nitrogens with zero attached hydrogens (tertiary/aromatic N) is 2. The van der Waals surface area contributed by atoms with Crippen LogP contribution in [0, 0.1) is 5.41 Å². The Kier molecular flexibility index (Phi) is 6.77. The first-order chi connectivity index (χ1) is 9.90. The van der Waals surface area contributed by atoms with E-state index in [2.05, 4.69) is 22.4 Å². The summed E-state index contributed by atoms with van der Waals surface area (Å²) in [7, 11) is 0. The van der Waals surface area contributed by atoms with Crippen LogP contribution < -0.4 is 5.32 Å². The Hall–Kier alpha value is -1.47. The Morgan fingerprint density at radius 2 is 2.14 bits per heavy atom. The van der Waals surface area contributed by atoms with Gasteiger partial charge >= 0.3 is 0 Å². The van der Waals surface area contributed by atoms with Crippen LogP contribution in [0.3, 0.4) is 0 Å². The van der Waals surface area contributed by atoms with Gasteiger partial charge in [-0.05, 0) is 6.42 Å². The molecule has 0 bridgehead atoms. The van der Waals surface area contributed by atoms with Crippen molar-refractivity contribution in [1.82, 2.24) is 15.5 Å². The van der Waals surface area contributed by atoms with Gasteiger partial charge in [0.25, 0.3) is 0 Å². The molecule has 1 heterocycles. The Morgan fingerprint density at radius 3 is 2.76 bits per heavy atom. The maximum atomic E-state index is 11.8. The number of aryl methyl sites for hydroxylation is 1. The second-order valence-electron chi connectivity index (χ2n) is 5.83. The quantitative estimate of drug-likeness (QED) is 0.582. The van der Waals surface area contributed by atoms with Gasteiger partial charge in [0, 0.05) is 11.8 Å². The van der Waals surface area contributed by atoms with Crippen LogP contribution in [-0.4, -0.2) is 39.0 Å². The zero-order valence-electron chi connectivity index (χ0n) is 12.9. The normalized spacial score (nSPS) is 13.2. The van der Waals surface area contributed by atoms with Gasteiger partial charge in [0.2, 0.25) is 11.8 Å². The molecule has 7 nitrogen and oxygen atoms in total. The first-order valence-corrected chi connectivity index (χ1v) is 7.28. The van der Waals surface area contributed by atoms with E-state index in [-0.39, 0.29) is 13.2 Å². The first-order valence-electron chi connectivity index (χ1n) is 7.28. The molecule has 1 rings (SSSR count). The molecule has 1 aromatic rings. The minimum Gasteiger partial charge on any atom is -0.396 e. The number of aliphatic hydroxyl groups is 2. The summed E-state index contributed by atoms with van der Waals surface area (Å²) >= 11 is 0. The molecule has 0 fully saturated rings. The van der Waals surface area contributed by atoms with Crippen LogP contribution in [0.4, 0.5) is 0 Å². The van der Waals surface area contributed by atoms with Crippen molar-refractivity contribution in [3.8, 4) is 0 Å². The summed E-state index contributed by atoms with van der Waals surface area (Å²) in [6.07, 6.45) is 2.70. The molecule has 1 amide bonds. The summed E-state index contributed by atoms with van der Waals surface area (Å²) in [5, 5.41) is 25.3. The second kappa shape index (κ2) is 8.09. The maximum Gasteiger partial charge on any atom is 0.249 e. The highest BCUT2D eigenvalue weighted by atomic mass is 16.5. The van der Waals surface area contributed by atoms with Gasteiger partial charge < -0.3 is 20.1 Å². The van der Waals surface area contributed by atoms with Crippen molar-refractivity contribution in [1.29, 1.82) is 0 Å². The van der Waals surface area contributed by atoms with Gasteiger partial charge in [0.1, 0.15) is 6.10 Å². The molecule has 0 aliphatic rings. The van der Waals surface area contributed by atoms with Crippen molar-refractivity contribution in [2.45, 2.75) is 59.1 Å². The second-order valence-corrected chi connectivity index (χ2v) is 5.83. The summed E-state index contributed by atoms with van der Waals surface area (Å²) in [5.41, 5.74) is -0.899. The van der Waals surface area contributed by atoms with Gasteiger partial charge in [-0.1, -0.05) is 38.8 Å². The van der Waals surface area contributed by atoms with Crippen LogP contribution in [0.15, 0.2) is 4.52 Å². The number of carbonyl (C=O) groups is 1. The van der Waals surface area contributed by atoms with E-state index in [1.807, 2.05) is 0 Å². The van der Waals surface area contributed by atoms with E-state index in [1.165, 1.54) is 0 Å². The summed E-state index contributed by atoms with van der Waals surface area (Å²) in [6, 6.07) is 0. The molecule has 3 N–H and O–H groups in total. The van der Waals surface area contributed by atoms with E-state index < -0.39 is 17.4 Å². The molecule has 1 aromatic heterocycles.